The summed E-state index contributed by atoms with van der Waals surface area (Å²) < 4.78 is 0. The molecule has 0 amide bonds. The molecule has 0 heterocycles. The van der Waals surface area contributed by atoms with Crippen molar-refractivity contribution in [2.45, 2.75) is 6.42 Å². The Morgan fingerprint density at radius 3 is 1.25 bits per heavy atom. The molecule has 16 heavy (non-hydrogen) atoms. The van der Waals surface area contributed by atoms with Crippen molar-refractivity contribution in [1.29, 1.82) is 0 Å². The summed E-state index contributed by atoms with van der Waals surface area (Å²) in [6.07, 6.45) is 0.806. The Morgan fingerprint density at radius 1 is 0.625 bits per heavy atom. The first-order valence-corrected chi connectivity index (χ1v) is 4.80. The monoisotopic (exact) mass is 220 g/mol. The van der Waals surface area contributed by atoms with Gasteiger partial charge in [0, 0.05) is 0 Å². The maximum absolute atomic E-state index is 9.13. The lowest BCUT2D eigenvalue weighted by atomic mass is 10.1. The van der Waals surface area contributed by atoms with E-state index < -0.39 is 0 Å². The van der Waals surface area contributed by atoms with Gasteiger partial charge >= 0.3 is 0 Å². The van der Waals surface area contributed by atoms with Crippen LogP contribution in [0, 0.1) is 0 Å². The zero-order valence-corrected chi connectivity index (χ0v) is 8.63. The third-order valence-corrected chi connectivity index (χ3v) is 2.28. The van der Waals surface area contributed by atoms with Gasteiger partial charge in [-0.3, -0.25) is 4.70 Å². The van der Waals surface area contributed by atoms with Crippen molar-refractivity contribution >= 4 is 0 Å². The Hall–Kier alpha value is -2.03. The largest absolute Gasteiger partial charge is 0.508 e. The van der Waals surface area contributed by atoms with Crippen LogP contribution in [0.5, 0.6) is 11.5 Å². The molecule has 2 nitrogen and oxygen atoms in total. The lowest BCUT2D eigenvalue weighted by Crippen LogP contribution is -1.86. The predicted molar refractivity (Wildman–Crippen MR) is 61.5 cm³/mol. The van der Waals surface area contributed by atoms with Crippen molar-refractivity contribution in [3.05, 3.63) is 59.7 Å². The number of hydrogen-bond donors (Lipinski definition) is 2. The summed E-state index contributed by atoms with van der Waals surface area (Å²) in [6.45, 7) is 0. The normalized spacial score (nSPS) is 9.50. The maximum Gasteiger partial charge on any atom is 0.115 e. The van der Waals surface area contributed by atoms with Gasteiger partial charge in [-0.25, -0.2) is 0 Å². The molecule has 0 aromatic heterocycles. The molecule has 0 radical (unpaired) electrons. The van der Waals surface area contributed by atoms with Gasteiger partial charge in [0.25, 0.3) is 0 Å². The lowest BCUT2D eigenvalue weighted by molar-refractivity contribution is 0.475. The van der Waals surface area contributed by atoms with E-state index in [9.17, 15) is 0 Å². The second-order valence-corrected chi connectivity index (χ2v) is 3.51. The molecule has 0 atom stereocenters. The zero-order chi connectivity index (χ0) is 10.7. The summed E-state index contributed by atoms with van der Waals surface area (Å²) in [4.78, 5) is 0. The minimum absolute atomic E-state index is 0. The zero-order valence-electron chi connectivity index (χ0n) is 8.63. The summed E-state index contributed by atoms with van der Waals surface area (Å²) in [5.41, 5.74) is 2.27. The average molecular weight is 220 g/mol. The van der Waals surface area contributed by atoms with E-state index in [2.05, 4.69) is 0 Å². The van der Waals surface area contributed by atoms with Crippen molar-refractivity contribution in [2.24, 2.45) is 0 Å². The highest BCUT2D eigenvalue weighted by molar-refractivity contribution is 5.32. The molecule has 84 valence electrons. The molecular formula is C13H13FO2. The number of phenols is 2. The number of benzene rings is 2. The van der Waals surface area contributed by atoms with Gasteiger partial charge in [-0.05, 0) is 41.8 Å². The van der Waals surface area contributed by atoms with E-state index >= 15 is 0 Å². The SMILES string of the molecule is F.Oc1ccc(Cc2ccc(O)cc2)cc1. The third kappa shape index (κ3) is 2.98. The summed E-state index contributed by atoms with van der Waals surface area (Å²) in [5.74, 6) is 0.564. The lowest BCUT2D eigenvalue weighted by Gasteiger charge is -2.02. The molecule has 0 spiro atoms. The van der Waals surface area contributed by atoms with Gasteiger partial charge in [-0.1, -0.05) is 24.3 Å². The van der Waals surface area contributed by atoms with Gasteiger partial charge in [0.05, 0.1) is 0 Å². The highest BCUT2D eigenvalue weighted by atomic mass is 19.0. The van der Waals surface area contributed by atoms with Crippen molar-refractivity contribution in [3.8, 4) is 11.5 Å². The summed E-state index contributed by atoms with van der Waals surface area (Å²) in [6, 6.07) is 14.3. The number of rotatable bonds is 2. The van der Waals surface area contributed by atoms with Gasteiger partial charge in [0.1, 0.15) is 11.5 Å². The van der Waals surface area contributed by atoms with E-state index in [1.807, 2.05) is 24.3 Å². The third-order valence-electron chi connectivity index (χ3n) is 2.28. The number of aromatic hydroxyl groups is 2. The molecule has 2 aromatic rings. The molecule has 2 N–H and O–H groups in total. The Labute approximate surface area is 93.2 Å². The highest BCUT2D eigenvalue weighted by Gasteiger charge is 1.96. The van der Waals surface area contributed by atoms with Crippen LogP contribution in [0.3, 0.4) is 0 Å². The molecule has 0 aliphatic carbocycles. The van der Waals surface area contributed by atoms with Crippen LogP contribution in [0.2, 0.25) is 0 Å². The van der Waals surface area contributed by atoms with Crippen LogP contribution < -0.4 is 0 Å². The van der Waals surface area contributed by atoms with Gasteiger partial charge in [0.15, 0.2) is 0 Å². The topological polar surface area (TPSA) is 40.5 Å². The Balaban J connectivity index is 0.00000128. The standard InChI is InChI=1S/C13H12O2.FH/c14-12-5-1-10(2-6-12)9-11-3-7-13(15)8-4-11;/h1-8,14-15H,9H2;1H. The average Bonchev–Trinajstić information content (AvgIpc) is 2.25. The molecule has 0 saturated heterocycles. The van der Waals surface area contributed by atoms with Crippen molar-refractivity contribution < 1.29 is 14.9 Å². The minimum Gasteiger partial charge on any atom is -0.508 e. The van der Waals surface area contributed by atoms with Crippen LogP contribution in [0.25, 0.3) is 0 Å². The molecule has 2 rings (SSSR count). The van der Waals surface area contributed by atoms with Crippen molar-refractivity contribution in [1.82, 2.24) is 0 Å². The molecule has 0 aliphatic heterocycles. The van der Waals surface area contributed by atoms with E-state index in [0.29, 0.717) is 0 Å². The fraction of sp³-hybridized carbons (Fsp3) is 0.0769. The van der Waals surface area contributed by atoms with Crippen LogP contribution in [-0.2, 0) is 6.42 Å². The fourth-order valence-electron chi connectivity index (χ4n) is 1.46. The van der Waals surface area contributed by atoms with Crippen LogP contribution in [0.1, 0.15) is 11.1 Å². The number of hydrogen-bond acceptors (Lipinski definition) is 2. The molecular weight excluding hydrogens is 207 g/mol. The predicted octanol–water partition coefficient (Wildman–Crippen LogP) is 2.84. The Bertz CT molecular complexity index is 391. The molecule has 2 aromatic carbocycles. The molecule has 0 fully saturated rings. The molecule has 3 heteroatoms. The number of phenolic OH excluding ortho intramolecular Hbond substituents is 2. The van der Waals surface area contributed by atoms with Gasteiger partial charge in [-0.15, -0.1) is 0 Å². The van der Waals surface area contributed by atoms with E-state index in [4.69, 9.17) is 10.2 Å². The van der Waals surface area contributed by atoms with Crippen molar-refractivity contribution in [2.75, 3.05) is 0 Å². The highest BCUT2D eigenvalue weighted by Crippen LogP contribution is 2.15. The minimum atomic E-state index is 0. The second-order valence-electron chi connectivity index (χ2n) is 3.51. The quantitative estimate of drug-likeness (QED) is 0.817. The molecule has 0 bridgehead atoms. The van der Waals surface area contributed by atoms with Crippen molar-refractivity contribution in [3.63, 3.8) is 0 Å². The van der Waals surface area contributed by atoms with Crippen LogP contribution in [0.15, 0.2) is 48.5 Å². The Morgan fingerprint density at radius 2 is 0.938 bits per heavy atom. The van der Waals surface area contributed by atoms with Gasteiger partial charge in [-0.2, -0.15) is 0 Å². The first-order valence-electron chi connectivity index (χ1n) is 4.80. The van der Waals surface area contributed by atoms with Crippen LogP contribution in [0.4, 0.5) is 4.70 Å². The first kappa shape index (κ1) is 12.0. The van der Waals surface area contributed by atoms with Crippen LogP contribution >= 0.6 is 0 Å². The first-order chi connectivity index (χ1) is 7.24. The van der Waals surface area contributed by atoms with Gasteiger partial charge < -0.3 is 10.2 Å². The molecule has 0 unspecified atom stereocenters. The van der Waals surface area contributed by atoms with E-state index in [1.165, 1.54) is 0 Å². The fourth-order valence-corrected chi connectivity index (χ4v) is 1.46. The van der Waals surface area contributed by atoms with E-state index in [1.54, 1.807) is 24.3 Å². The number of halogens is 1. The Kier molecular flexibility index (Phi) is 3.89. The van der Waals surface area contributed by atoms with Gasteiger partial charge in [0.2, 0.25) is 0 Å². The van der Waals surface area contributed by atoms with Crippen LogP contribution in [-0.4, -0.2) is 10.2 Å². The summed E-state index contributed by atoms with van der Waals surface area (Å²) >= 11 is 0. The van der Waals surface area contributed by atoms with E-state index in [-0.39, 0.29) is 16.2 Å². The molecule has 0 saturated carbocycles. The second kappa shape index (κ2) is 5.16. The maximum atomic E-state index is 9.13. The van der Waals surface area contributed by atoms with E-state index in [0.717, 1.165) is 17.5 Å². The summed E-state index contributed by atoms with van der Waals surface area (Å²) in [7, 11) is 0. The molecule has 0 aliphatic rings. The summed E-state index contributed by atoms with van der Waals surface area (Å²) in [5, 5.41) is 18.3. The smallest absolute Gasteiger partial charge is 0.115 e.